The summed E-state index contributed by atoms with van der Waals surface area (Å²) in [6, 6.07) is 16.3. The van der Waals surface area contributed by atoms with Crippen molar-refractivity contribution in [3.8, 4) is 0 Å². The van der Waals surface area contributed by atoms with Gasteiger partial charge in [0.15, 0.2) is 0 Å². The number of carbonyl (C=O) groups is 2. The van der Waals surface area contributed by atoms with Crippen LogP contribution < -0.4 is 10.6 Å². The molecule has 9 heteroatoms. The molecule has 2 saturated heterocycles. The quantitative estimate of drug-likeness (QED) is 0.388. The number of hydrogen-bond acceptors (Lipinski definition) is 5. The summed E-state index contributed by atoms with van der Waals surface area (Å²) in [7, 11) is -3.70. The van der Waals surface area contributed by atoms with Crippen molar-refractivity contribution < 1.29 is 22.7 Å². The lowest BCUT2D eigenvalue weighted by Crippen LogP contribution is -2.37. The second kappa shape index (κ2) is 11.2. The number of hydrogen-bond donors (Lipinski definition) is 2. The van der Waals surface area contributed by atoms with Gasteiger partial charge in [-0.2, -0.15) is 4.31 Å². The molecule has 4 rings (SSSR count). The molecule has 186 valence electrons. The van der Waals surface area contributed by atoms with Crippen LogP contribution in [0.3, 0.4) is 0 Å². The Kier molecular flexibility index (Phi) is 8.00. The van der Waals surface area contributed by atoms with Crippen LogP contribution in [0.25, 0.3) is 0 Å². The number of amides is 2. The molecule has 0 aromatic heterocycles. The van der Waals surface area contributed by atoms with Crippen LogP contribution in [0.15, 0.2) is 72.1 Å². The number of fused-ring (bicyclic) bond motifs is 1. The second-order valence-corrected chi connectivity index (χ2v) is 10.9. The summed E-state index contributed by atoms with van der Waals surface area (Å²) in [6.45, 7) is 4.55. The van der Waals surface area contributed by atoms with Gasteiger partial charge in [-0.25, -0.2) is 8.42 Å². The maximum absolute atomic E-state index is 13.1. The van der Waals surface area contributed by atoms with E-state index in [1.54, 1.807) is 12.1 Å². The van der Waals surface area contributed by atoms with E-state index in [0.29, 0.717) is 25.1 Å². The number of unbranched alkanes of at least 4 members (excludes halogenated alkanes) is 1. The highest BCUT2D eigenvalue weighted by molar-refractivity contribution is 7.89. The zero-order valence-electron chi connectivity index (χ0n) is 19.6. The van der Waals surface area contributed by atoms with Gasteiger partial charge in [-0.1, -0.05) is 36.9 Å². The molecular weight excluding hydrogens is 466 g/mol. The van der Waals surface area contributed by atoms with Crippen molar-refractivity contribution in [2.24, 2.45) is 5.92 Å². The maximum Gasteiger partial charge on any atom is 0.251 e. The lowest BCUT2D eigenvalue weighted by molar-refractivity contribution is -0.120. The third-order valence-electron chi connectivity index (χ3n) is 6.47. The maximum atomic E-state index is 13.1. The van der Waals surface area contributed by atoms with Gasteiger partial charge in [-0.15, -0.1) is 0 Å². The van der Waals surface area contributed by atoms with E-state index in [0.717, 1.165) is 19.3 Å². The number of ether oxygens (including phenoxy) is 1. The van der Waals surface area contributed by atoms with Gasteiger partial charge in [0, 0.05) is 31.1 Å². The van der Waals surface area contributed by atoms with Gasteiger partial charge < -0.3 is 15.4 Å². The Bertz CT molecular complexity index is 1140. The Morgan fingerprint density at radius 2 is 1.80 bits per heavy atom. The molecule has 2 aromatic carbocycles. The Morgan fingerprint density at radius 3 is 2.49 bits per heavy atom. The van der Waals surface area contributed by atoms with Gasteiger partial charge in [-0.3, -0.25) is 9.59 Å². The molecule has 2 aliphatic rings. The third-order valence-corrected chi connectivity index (χ3v) is 8.31. The summed E-state index contributed by atoms with van der Waals surface area (Å²) < 4.78 is 33.4. The summed E-state index contributed by atoms with van der Waals surface area (Å²) in [5.41, 5.74) is 1.71. The van der Waals surface area contributed by atoms with Gasteiger partial charge in [0.1, 0.15) is 6.23 Å². The molecule has 2 aromatic rings. The highest BCUT2D eigenvalue weighted by Gasteiger charge is 2.46. The SMILES string of the molecule is C=CC(=O)NC1CC2CN(S(=O)(=O)c3ccc(C(=O)NCCCCc4ccccc4)cc3)CC2O1. The Hall–Kier alpha value is -3.01. The first-order valence-electron chi connectivity index (χ1n) is 11.9. The molecule has 35 heavy (non-hydrogen) atoms. The van der Waals surface area contributed by atoms with Crippen LogP contribution in [0.1, 0.15) is 35.2 Å². The molecule has 0 aliphatic carbocycles. The lowest BCUT2D eigenvalue weighted by atomic mass is 10.1. The molecule has 0 saturated carbocycles. The molecule has 0 radical (unpaired) electrons. The van der Waals surface area contributed by atoms with Gasteiger partial charge in [-0.05, 0) is 61.6 Å². The molecule has 0 bridgehead atoms. The molecule has 3 atom stereocenters. The number of nitrogens with zero attached hydrogens (tertiary/aromatic N) is 1. The summed E-state index contributed by atoms with van der Waals surface area (Å²) >= 11 is 0. The van der Waals surface area contributed by atoms with Crippen LogP contribution in [0.5, 0.6) is 0 Å². The Balaban J connectivity index is 1.24. The predicted octanol–water partition coefficient (Wildman–Crippen LogP) is 2.48. The van der Waals surface area contributed by atoms with Crippen molar-refractivity contribution in [1.29, 1.82) is 0 Å². The highest BCUT2D eigenvalue weighted by Crippen LogP contribution is 2.34. The first kappa shape index (κ1) is 25.1. The van der Waals surface area contributed by atoms with Crippen molar-refractivity contribution in [1.82, 2.24) is 14.9 Å². The largest absolute Gasteiger partial charge is 0.354 e. The number of rotatable bonds is 10. The summed E-state index contributed by atoms with van der Waals surface area (Å²) in [5.74, 6) is -0.507. The zero-order chi connectivity index (χ0) is 24.8. The molecule has 8 nitrogen and oxygen atoms in total. The first-order valence-corrected chi connectivity index (χ1v) is 13.3. The van der Waals surface area contributed by atoms with E-state index in [2.05, 4.69) is 29.3 Å². The number of benzene rings is 2. The zero-order valence-corrected chi connectivity index (χ0v) is 20.4. The number of aryl methyl sites for hydroxylation is 1. The average molecular weight is 498 g/mol. The van der Waals surface area contributed by atoms with Gasteiger partial charge in [0.05, 0.1) is 11.0 Å². The van der Waals surface area contributed by atoms with Crippen LogP contribution in [-0.2, 0) is 26.0 Å². The van der Waals surface area contributed by atoms with Crippen LogP contribution >= 0.6 is 0 Å². The van der Waals surface area contributed by atoms with Crippen LogP contribution in [-0.4, -0.2) is 56.5 Å². The first-order chi connectivity index (χ1) is 16.9. The Labute approximate surface area is 206 Å². The minimum atomic E-state index is -3.70. The van der Waals surface area contributed by atoms with Crippen molar-refractivity contribution in [2.75, 3.05) is 19.6 Å². The van der Waals surface area contributed by atoms with Crippen LogP contribution in [0, 0.1) is 5.92 Å². The molecule has 2 fully saturated rings. The minimum absolute atomic E-state index is 0.0202. The van der Waals surface area contributed by atoms with Crippen molar-refractivity contribution in [3.05, 3.63) is 78.4 Å². The summed E-state index contributed by atoms with van der Waals surface area (Å²) in [6.07, 6.45) is 3.87. The monoisotopic (exact) mass is 497 g/mol. The van der Waals surface area contributed by atoms with E-state index in [9.17, 15) is 18.0 Å². The molecule has 2 N–H and O–H groups in total. The standard InChI is InChI=1S/C26H31N3O5S/c1-2-24(30)28-25-16-21-17-29(18-23(21)34-25)35(32,33)22-13-11-20(12-14-22)26(31)27-15-7-6-10-19-8-4-3-5-9-19/h2-5,8-9,11-14,21,23,25H,1,6-7,10,15-18H2,(H,27,31)(H,28,30). The van der Waals surface area contributed by atoms with Gasteiger partial charge in [0.25, 0.3) is 5.91 Å². The van der Waals surface area contributed by atoms with E-state index in [4.69, 9.17) is 4.74 Å². The van der Waals surface area contributed by atoms with Gasteiger partial charge >= 0.3 is 0 Å². The highest BCUT2D eigenvalue weighted by atomic mass is 32.2. The Morgan fingerprint density at radius 1 is 1.06 bits per heavy atom. The van der Waals surface area contributed by atoms with E-state index in [1.165, 1.54) is 28.1 Å². The number of sulfonamides is 1. The molecule has 3 unspecified atom stereocenters. The van der Waals surface area contributed by atoms with E-state index >= 15 is 0 Å². The van der Waals surface area contributed by atoms with Crippen molar-refractivity contribution in [2.45, 2.75) is 42.9 Å². The van der Waals surface area contributed by atoms with E-state index in [1.807, 2.05) is 18.2 Å². The second-order valence-electron chi connectivity index (χ2n) is 8.92. The fraction of sp³-hybridized carbons (Fsp3) is 0.385. The van der Waals surface area contributed by atoms with Crippen molar-refractivity contribution in [3.63, 3.8) is 0 Å². The number of nitrogens with one attached hydrogen (secondary N) is 2. The summed E-state index contributed by atoms with van der Waals surface area (Å²) in [5, 5.41) is 5.60. The molecule has 2 amide bonds. The molecule has 2 heterocycles. The topological polar surface area (TPSA) is 105 Å². The minimum Gasteiger partial charge on any atom is -0.354 e. The van der Waals surface area contributed by atoms with E-state index < -0.39 is 16.3 Å². The van der Waals surface area contributed by atoms with Gasteiger partial charge in [0.2, 0.25) is 15.9 Å². The normalized spacial score (nSPS) is 21.9. The number of carbonyl (C=O) groups excluding carboxylic acids is 2. The average Bonchev–Trinajstić information content (AvgIpc) is 3.43. The summed E-state index contributed by atoms with van der Waals surface area (Å²) in [4.78, 5) is 24.0. The molecular formula is C26H31N3O5S. The van der Waals surface area contributed by atoms with Crippen molar-refractivity contribution >= 4 is 21.8 Å². The van der Waals surface area contributed by atoms with E-state index in [-0.39, 0.29) is 35.3 Å². The fourth-order valence-corrected chi connectivity index (χ4v) is 6.07. The van der Waals surface area contributed by atoms with Crippen LogP contribution in [0.4, 0.5) is 0 Å². The van der Waals surface area contributed by atoms with Crippen LogP contribution in [0.2, 0.25) is 0 Å². The fourth-order valence-electron chi connectivity index (χ4n) is 4.56. The third kappa shape index (κ3) is 6.17. The predicted molar refractivity (Wildman–Crippen MR) is 132 cm³/mol. The molecule has 2 aliphatic heterocycles. The smallest absolute Gasteiger partial charge is 0.251 e. The lowest BCUT2D eigenvalue weighted by Gasteiger charge is -2.19. The molecule has 0 spiro atoms.